The first kappa shape index (κ1) is 13.3. The van der Waals surface area contributed by atoms with E-state index in [-0.39, 0.29) is 16.9 Å². The highest BCUT2D eigenvalue weighted by Gasteiger charge is 2.12. The van der Waals surface area contributed by atoms with Gasteiger partial charge in [-0.15, -0.1) is 0 Å². The Kier molecular flexibility index (Phi) is 3.67. The standard InChI is InChI=1S/C13H8BrF2N3/c14-8-2-1-7(6-17)12(3-8)19-13-10(15)4-9(18)5-11(13)16/h1-5,19H,18H2. The van der Waals surface area contributed by atoms with Crippen LogP contribution in [0.3, 0.4) is 0 Å². The predicted molar refractivity (Wildman–Crippen MR) is 72.9 cm³/mol. The van der Waals surface area contributed by atoms with E-state index in [2.05, 4.69) is 21.2 Å². The Labute approximate surface area is 116 Å². The number of hydrogen-bond acceptors (Lipinski definition) is 3. The summed E-state index contributed by atoms with van der Waals surface area (Å²) in [6.45, 7) is 0. The number of rotatable bonds is 2. The van der Waals surface area contributed by atoms with Crippen molar-refractivity contribution in [3.63, 3.8) is 0 Å². The van der Waals surface area contributed by atoms with Gasteiger partial charge in [-0.05, 0) is 30.3 Å². The molecule has 2 rings (SSSR count). The van der Waals surface area contributed by atoms with Crippen molar-refractivity contribution >= 4 is 33.0 Å². The Bertz CT molecular complexity index is 657. The molecule has 0 spiro atoms. The molecule has 0 radical (unpaired) electrons. The molecule has 6 heteroatoms. The average molecular weight is 324 g/mol. The number of halogens is 3. The molecular formula is C13H8BrF2N3. The summed E-state index contributed by atoms with van der Waals surface area (Å²) in [7, 11) is 0. The fraction of sp³-hybridized carbons (Fsp3) is 0. The van der Waals surface area contributed by atoms with E-state index in [0.29, 0.717) is 10.2 Å². The van der Waals surface area contributed by atoms with Crippen LogP contribution in [0.5, 0.6) is 0 Å². The molecule has 3 nitrogen and oxygen atoms in total. The minimum atomic E-state index is -0.818. The van der Waals surface area contributed by atoms with Crippen LogP contribution in [-0.4, -0.2) is 0 Å². The van der Waals surface area contributed by atoms with Crippen molar-refractivity contribution in [1.29, 1.82) is 5.26 Å². The molecule has 0 aromatic heterocycles. The maximum Gasteiger partial charge on any atom is 0.151 e. The average Bonchev–Trinajstić information content (AvgIpc) is 2.34. The van der Waals surface area contributed by atoms with Crippen LogP contribution in [0, 0.1) is 23.0 Å². The van der Waals surface area contributed by atoms with Gasteiger partial charge in [-0.1, -0.05) is 15.9 Å². The van der Waals surface area contributed by atoms with Crippen molar-refractivity contribution in [3.05, 3.63) is 52.0 Å². The summed E-state index contributed by atoms with van der Waals surface area (Å²) in [6.07, 6.45) is 0. The monoisotopic (exact) mass is 323 g/mol. The van der Waals surface area contributed by atoms with Crippen LogP contribution in [0.1, 0.15) is 5.56 Å². The molecule has 2 aromatic rings. The van der Waals surface area contributed by atoms with E-state index in [9.17, 15) is 8.78 Å². The lowest BCUT2D eigenvalue weighted by Gasteiger charge is -2.11. The Morgan fingerprint density at radius 3 is 2.37 bits per heavy atom. The molecule has 0 saturated heterocycles. The van der Waals surface area contributed by atoms with Crippen molar-refractivity contribution in [2.24, 2.45) is 0 Å². The van der Waals surface area contributed by atoms with Gasteiger partial charge in [0.1, 0.15) is 11.8 Å². The first-order valence-corrected chi connectivity index (χ1v) is 6.01. The summed E-state index contributed by atoms with van der Waals surface area (Å²) in [5, 5.41) is 11.5. The van der Waals surface area contributed by atoms with Crippen molar-refractivity contribution < 1.29 is 8.78 Å². The molecule has 0 saturated carbocycles. The van der Waals surface area contributed by atoms with Crippen LogP contribution < -0.4 is 11.1 Å². The van der Waals surface area contributed by atoms with E-state index in [1.54, 1.807) is 18.2 Å². The van der Waals surface area contributed by atoms with E-state index in [0.717, 1.165) is 12.1 Å². The minimum Gasteiger partial charge on any atom is -0.399 e. The second kappa shape index (κ2) is 5.24. The van der Waals surface area contributed by atoms with E-state index < -0.39 is 11.6 Å². The third kappa shape index (κ3) is 2.83. The number of anilines is 3. The van der Waals surface area contributed by atoms with Crippen LogP contribution in [0.2, 0.25) is 0 Å². The summed E-state index contributed by atoms with van der Waals surface area (Å²) < 4.78 is 28.0. The lowest BCUT2D eigenvalue weighted by atomic mass is 10.2. The molecule has 0 unspecified atom stereocenters. The van der Waals surface area contributed by atoms with Crippen molar-refractivity contribution in [3.8, 4) is 6.07 Å². The van der Waals surface area contributed by atoms with Gasteiger partial charge in [-0.25, -0.2) is 8.78 Å². The molecule has 3 N–H and O–H groups in total. The molecule has 19 heavy (non-hydrogen) atoms. The fourth-order valence-corrected chi connectivity index (χ4v) is 1.93. The van der Waals surface area contributed by atoms with Gasteiger partial charge >= 0.3 is 0 Å². The van der Waals surface area contributed by atoms with Gasteiger partial charge in [0.2, 0.25) is 0 Å². The van der Waals surface area contributed by atoms with Gasteiger partial charge in [0.15, 0.2) is 11.6 Å². The lowest BCUT2D eigenvalue weighted by Crippen LogP contribution is -2.01. The first-order chi connectivity index (χ1) is 9.01. The molecule has 0 aliphatic carbocycles. The Morgan fingerprint density at radius 1 is 1.16 bits per heavy atom. The lowest BCUT2D eigenvalue weighted by molar-refractivity contribution is 0.592. The zero-order valence-corrected chi connectivity index (χ0v) is 11.1. The van der Waals surface area contributed by atoms with E-state index in [4.69, 9.17) is 11.0 Å². The molecule has 0 heterocycles. The number of benzene rings is 2. The zero-order chi connectivity index (χ0) is 14.0. The van der Waals surface area contributed by atoms with Gasteiger partial charge in [-0.3, -0.25) is 0 Å². The van der Waals surface area contributed by atoms with Gasteiger partial charge in [0.25, 0.3) is 0 Å². The molecule has 0 atom stereocenters. The van der Waals surface area contributed by atoms with Gasteiger partial charge in [0.05, 0.1) is 11.3 Å². The summed E-state index contributed by atoms with van der Waals surface area (Å²) >= 11 is 3.23. The highest BCUT2D eigenvalue weighted by Crippen LogP contribution is 2.29. The Balaban J connectivity index is 2.48. The molecule has 96 valence electrons. The molecule has 2 aromatic carbocycles. The van der Waals surface area contributed by atoms with E-state index in [1.807, 2.05) is 6.07 Å². The quantitative estimate of drug-likeness (QED) is 0.823. The largest absolute Gasteiger partial charge is 0.399 e. The van der Waals surface area contributed by atoms with Crippen LogP contribution in [0.4, 0.5) is 25.8 Å². The summed E-state index contributed by atoms with van der Waals surface area (Å²) in [4.78, 5) is 0. The van der Waals surface area contributed by atoms with Crippen LogP contribution in [0.15, 0.2) is 34.8 Å². The first-order valence-electron chi connectivity index (χ1n) is 5.22. The van der Waals surface area contributed by atoms with E-state index >= 15 is 0 Å². The number of nitrogens with two attached hydrogens (primary N) is 1. The summed E-state index contributed by atoms with van der Waals surface area (Å²) in [5.74, 6) is -1.64. The number of nitrogens with zero attached hydrogens (tertiary/aromatic N) is 1. The van der Waals surface area contributed by atoms with Crippen LogP contribution >= 0.6 is 15.9 Å². The topological polar surface area (TPSA) is 61.8 Å². The number of hydrogen-bond donors (Lipinski definition) is 2. The van der Waals surface area contributed by atoms with Crippen molar-refractivity contribution in [1.82, 2.24) is 0 Å². The number of nitrogen functional groups attached to an aromatic ring is 1. The zero-order valence-electron chi connectivity index (χ0n) is 9.55. The minimum absolute atomic E-state index is 0.00435. The van der Waals surface area contributed by atoms with Gasteiger partial charge in [0, 0.05) is 10.2 Å². The Morgan fingerprint density at radius 2 is 1.79 bits per heavy atom. The molecule has 0 fully saturated rings. The summed E-state index contributed by atoms with van der Waals surface area (Å²) in [6, 6.07) is 8.73. The highest BCUT2D eigenvalue weighted by atomic mass is 79.9. The fourth-order valence-electron chi connectivity index (χ4n) is 1.56. The Hall–Kier alpha value is -2.13. The van der Waals surface area contributed by atoms with Gasteiger partial charge < -0.3 is 11.1 Å². The maximum atomic E-state index is 13.7. The molecule has 0 amide bonds. The van der Waals surface area contributed by atoms with Crippen molar-refractivity contribution in [2.45, 2.75) is 0 Å². The van der Waals surface area contributed by atoms with Crippen LogP contribution in [0.25, 0.3) is 0 Å². The second-order valence-electron chi connectivity index (χ2n) is 3.79. The summed E-state index contributed by atoms with van der Waals surface area (Å²) in [5.41, 5.74) is 5.57. The predicted octanol–water partition coefficient (Wildman–Crippen LogP) is 3.92. The normalized spacial score (nSPS) is 10.0. The SMILES string of the molecule is N#Cc1ccc(Br)cc1Nc1c(F)cc(N)cc1F. The smallest absolute Gasteiger partial charge is 0.151 e. The molecular weight excluding hydrogens is 316 g/mol. The third-order valence-electron chi connectivity index (χ3n) is 2.43. The highest BCUT2D eigenvalue weighted by molar-refractivity contribution is 9.10. The van der Waals surface area contributed by atoms with E-state index in [1.165, 1.54) is 0 Å². The maximum absolute atomic E-state index is 13.7. The third-order valence-corrected chi connectivity index (χ3v) is 2.92. The number of nitrogens with one attached hydrogen (secondary N) is 1. The molecule has 0 aliphatic rings. The van der Waals surface area contributed by atoms with Crippen molar-refractivity contribution in [2.75, 3.05) is 11.1 Å². The van der Waals surface area contributed by atoms with Crippen LogP contribution in [-0.2, 0) is 0 Å². The molecule has 0 aliphatic heterocycles. The van der Waals surface area contributed by atoms with Gasteiger partial charge in [-0.2, -0.15) is 5.26 Å². The molecule has 0 bridgehead atoms. The second-order valence-corrected chi connectivity index (χ2v) is 4.70. The number of nitriles is 1.